The smallest absolute Gasteiger partial charge is 0.312 e. The molecular formula is C21H25ClN4O3. The summed E-state index contributed by atoms with van der Waals surface area (Å²) in [7, 11) is 1.65. The number of ether oxygens (including phenoxy) is 1. The number of primary amides is 1. The Kier molecular flexibility index (Phi) is 6.82. The first kappa shape index (κ1) is 20.8. The Morgan fingerprint density at radius 1 is 1.14 bits per heavy atom. The molecule has 0 aliphatic carbocycles. The monoisotopic (exact) mass is 416 g/mol. The minimum atomic E-state index is -0.666. The number of anilines is 1. The van der Waals surface area contributed by atoms with Gasteiger partial charge in [-0.05, 0) is 29.8 Å². The van der Waals surface area contributed by atoms with Crippen molar-refractivity contribution in [3.05, 3.63) is 59.1 Å². The maximum Gasteiger partial charge on any atom is 0.312 e. The van der Waals surface area contributed by atoms with Gasteiger partial charge in [0.1, 0.15) is 5.75 Å². The van der Waals surface area contributed by atoms with Crippen LogP contribution in [0.3, 0.4) is 0 Å². The normalized spacial score (nSPS) is 15.0. The van der Waals surface area contributed by atoms with Crippen molar-refractivity contribution in [2.24, 2.45) is 5.73 Å². The van der Waals surface area contributed by atoms with Gasteiger partial charge < -0.3 is 25.6 Å². The molecule has 1 aliphatic heterocycles. The van der Waals surface area contributed by atoms with Crippen LogP contribution in [0.4, 0.5) is 10.5 Å². The number of hydrogen-bond donors (Lipinski definition) is 2. The summed E-state index contributed by atoms with van der Waals surface area (Å²) in [5, 5.41) is 3.25. The largest absolute Gasteiger partial charge is 0.497 e. The lowest BCUT2D eigenvalue weighted by Gasteiger charge is -2.36. The Morgan fingerprint density at radius 2 is 1.83 bits per heavy atom. The van der Waals surface area contributed by atoms with Crippen LogP contribution >= 0.6 is 11.6 Å². The van der Waals surface area contributed by atoms with Crippen LogP contribution < -0.4 is 20.7 Å². The topological polar surface area (TPSA) is 87.9 Å². The molecule has 29 heavy (non-hydrogen) atoms. The van der Waals surface area contributed by atoms with Crippen LogP contribution in [0.5, 0.6) is 5.75 Å². The summed E-state index contributed by atoms with van der Waals surface area (Å²) < 4.78 is 5.29. The number of carbonyl (C=O) groups is 2. The van der Waals surface area contributed by atoms with Gasteiger partial charge in [-0.2, -0.15) is 0 Å². The fraction of sp³-hybridized carbons (Fsp3) is 0.333. The molecule has 3 amide bonds. The molecular weight excluding hydrogens is 392 g/mol. The lowest BCUT2D eigenvalue weighted by Crippen LogP contribution is -2.49. The van der Waals surface area contributed by atoms with E-state index in [-0.39, 0.29) is 12.3 Å². The number of nitrogens with zero attached hydrogens (tertiary/aromatic N) is 2. The van der Waals surface area contributed by atoms with Gasteiger partial charge in [0, 0.05) is 43.0 Å². The molecule has 3 N–H and O–H groups in total. The highest BCUT2D eigenvalue weighted by molar-refractivity contribution is 6.30. The van der Waals surface area contributed by atoms with Crippen molar-refractivity contribution in [3.8, 4) is 5.75 Å². The van der Waals surface area contributed by atoms with Gasteiger partial charge in [-0.25, -0.2) is 4.79 Å². The average molecular weight is 417 g/mol. The number of methoxy groups -OCH3 is 1. The summed E-state index contributed by atoms with van der Waals surface area (Å²) in [6.45, 7) is 2.68. The Bertz CT molecular complexity index is 851. The van der Waals surface area contributed by atoms with Gasteiger partial charge >= 0.3 is 6.03 Å². The molecule has 0 spiro atoms. The molecule has 1 aliphatic rings. The van der Waals surface area contributed by atoms with Crippen molar-refractivity contribution < 1.29 is 14.3 Å². The van der Waals surface area contributed by atoms with E-state index in [4.69, 9.17) is 22.1 Å². The van der Waals surface area contributed by atoms with E-state index in [1.807, 2.05) is 29.2 Å². The van der Waals surface area contributed by atoms with Crippen molar-refractivity contribution in [2.75, 3.05) is 38.2 Å². The third-order valence-corrected chi connectivity index (χ3v) is 5.27. The summed E-state index contributed by atoms with van der Waals surface area (Å²) in [6.07, 6.45) is 0.143. The van der Waals surface area contributed by atoms with Crippen LogP contribution in [-0.4, -0.2) is 50.1 Å². The number of carbonyl (C=O) groups excluding carboxylic acids is 2. The van der Waals surface area contributed by atoms with Crippen LogP contribution in [0, 0.1) is 0 Å². The molecule has 0 radical (unpaired) electrons. The number of amides is 3. The first-order valence-electron chi connectivity index (χ1n) is 9.44. The van der Waals surface area contributed by atoms with Crippen molar-refractivity contribution in [1.82, 2.24) is 10.2 Å². The molecule has 1 atom stereocenters. The third kappa shape index (κ3) is 5.54. The van der Waals surface area contributed by atoms with Crippen LogP contribution in [-0.2, 0) is 4.79 Å². The van der Waals surface area contributed by atoms with Gasteiger partial charge in [-0.15, -0.1) is 0 Å². The quantitative estimate of drug-likeness (QED) is 0.757. The molecule has 2 aromatic carbocycles. The van der Waals surface area contributed by atoms with Crippen molar-refractivity contribution >= 4 is 29.2 Å². The standard InChI is InChI=1S/C21H25ClN4O3/c1-29-18-4-2-3-17(13-18)25-9-11-26(12-10-25)20(27)14-19(24-21(23)28)15-5-7-16(22)8-6-15/h2-8,13,19H,9-12,14H2,1H3,(H3,23,24,28)/t19-/m0/s1. The van der Waals surface area contributed by atoms with E-state index in [0.717, 1.165) is 30.1 Å². The van der Waals surface area contributed by atoms with Crippen LogP contribution in [0.1, 0.15) is 18.0 Å². The first-order chi connectivity index (χ1) is 14.0. The lowest BCUT2D eigenvalue weighted by molar-refractivity contribution is -0.132. The van der Waals surface area contributed by atoms with Crippen LogP contribution in [0.2, 0.25) is 5.02 Å². The highest BCUT2D eigenvalue weighted by Gasteiger charge is 2.25. The van der Waals surface area contributed by atoms with Gasteiger partial charge in [0.05, 0.1) is 19.6 Å². The maximum absolute atomic E-state index is 12.8. The number of piperazine rings is 1. The number of rotatable bonds is 6. The minimum Gasteiger partial charge on any atom is -0.497 e. The molecule has 154 valence electrons. The number of nitrogens with one attached hydrogen (secondary N) is 1. The van der Waals surface area contributed by atoms with E-state index >= 15 is 0 Å². The molecule has 8 heteroatoms. The Labute approximate surface area is 175 Å². The van der Waals surface area contributed by atoms with Gasteiger partial charge in [-0.3, -0.25) is 4.79 Å². The second-order valence-corrected chi connectivity index (χ2v) is 7.32. The second kappa shape index (κ2) is 9.52. The van der Waals surface area contributed by atoms with Crippen LogP contribution in [0.25, 0.3) is 0 Å². The molecule has 7 nitrogen and oxygen atoms in total. The van der Waals surface area contributed by atoms with Crippen LogP contribution in [0.15, 0.2) is 48.5 Å². The molecule has 2 aromatic rings. The Morgan fingerprint density at radius 3 is 2.45 bits per heavy atom. The van der Waals surface area contributed by atoms with E-state index in [9.17, 15) is 9.59 Å². The predicted octanol–water partition coefficient (Wildman–Crippen LogP) is 2.80. The van der Waals surface area contributed by atoms with E-state index in [1.165, 1.54) is 0 Å². The predicted molar refractivity (Wildman–Crippen MR) is 113 cm³/mol. The highest BCUT2D eigenvalue weighted by atomic mass is 35.5. The summed E-state index contributed by atoms with van der Waals surface area (Å²) in [5.74, 6) is 0.785. The van der Waals surface area contributed by atoms with E-state index in [2.05, 4.69) is 10.2 Å². The fourth-order valence-corrected chi connectivity index (χ4v) is 3.57. The maximum atomic E-state index is 12.8. The number of nitrogens with two attached hydrogens (primary N) is 1. The molecule has 0 saturated carbocycles. The molecule has 0 bridgehead atoms. The van der Waals surface area contributed by atoms with E-state index in [1.54, 1.807) is 31.4 Å². The summed E-state index contributed by atoms with van der Waals surface area (Å²) >= 11 is 5.93. The lowest BCUT2D eigenvalue weighted by atomic mass is 10.0. The molecule has 1 heterocycles. The van der Waals surface area contributed by atoms with Gasteiger partial charge in [-0.1, -0.05) is 29.8 Å². The number of benzene rings is 2. The minimum absolute atomic E-state index is 0.0241. The molecule has 1 saturated heterocycles. The summed E-state index contributed by atoms with van der Waals surface area (Å²) in [5.41, 5.74) is 7.17. The fourth-order valence-electron chi connectivity index (χ4n) is 3.44. The summed E-state index contributed by atoms with van der Waals surface area (Å²) in [6, 6.07) is 13.8. The molecule has 1 fully saturated rings. The third-order valence-electron chi connectivity index (χ3n) is 5.02. The van der Waals surface area contributed by atoms with Crippen molar-refractivity contribution in [3.63, 3.8) is 0 Å². The van der Waals surface area contributed by atoms with E-state index < -0.39 is 12.1 Å². The van der Waals surface area contributed by atoms with Gasteiger partial charge in [0.2, 0.25) is 5.91 Å². The highest BCUT2D eigenvalue weighted by Crippen LogP contribution is 2.24. The zero-order chi connectivity index (χ0) is 20.8. The number of halogens is 1. The average Bonchev–Trinajstić information content (AvgIpc) is 2.73. The SMILES string of the molecule is COc1cccc(N2CCN(C(=O)C[C@H](NC(N)=O)c3ccc(Cl)cc3)CC2)c1. The molecule has 0 aromatic heterocycles. The van der Waals surface area contributed by atoms with Gasteiger partial charge in [0.25, 0.3) is 0 Å². The second-order valence-electron chi connectivity index (χ2n) is 6.89. The molecule has 3 rings (SSSR count). The van der Waals surface area contributed by atoms with Gasteiger partial charge in [0.15, 0.2) is 0 Å². The molecule has 0 unspecified atom stereocenters. The van der Waals surface area contributed by atoms with E-state index in [0.29, 0.717) is 18.1 Å². The Hall–Kier alpha value is -2.93. The van der Waals surface area contributed by atoms with Crippen molar-refractivity contribution in [2.45, 2.75) is 12.5 Å². The number of urea groups is 1. The van der Waals surface area contributed by atoms with Crippen molar-refractivity contribution in [1.29, 1.82) is 0 Å². The number of hydrogen-bond acceptors (Lipinski definition) is 4. The first-order valence-corrected chi connectivity index (χ1v) is 9.82. The Balaban J connectivity index is 1.61. The summed E-state index contributed by atoms with van der Waals surface area (Å²) in [4.78, 5) is 28.3. The zero-order valence-corrected chi connectivity index (χ0v) is 17.1. The zero-order valence-electron chi connectivity index (χ0n) is 16.3.